The Morgan fingerprint density at radius 2 is 1.00 bits per heavy atom. The van der Waals surface area contributed by atoms with Crippen LogP contribution in [0.25, 0.3) is 12.2 Å². The summed E-state index contributed by atoms with van der Waals surface area (Å²) in [6.07, 6.45) is 3.78. The van der Waals surface area contributed by atoms with Crippen LogP contribution in [0.1, 0.15) is 33.4 Å². The van der Waals surface area contributed by atoms with Gasteiger partial charge in [0, 0.05) is 0 Å². The maximum atomic E-state index is 3.73. The molecule has 0 radical (unpaired) electrons. The number of hydrogen-bond acceptors (Lipinski definition) is 0. The number of rotatable bonds is 2. The van der Waals surface area contributed by atoms with Gasteiger partial charge in [0.15, 0.2) is 0 Å². The first-order chi connectivity index (χ1) is 9.51. The van der Waals surface area contributed by atoms with Crippen molar-refractivity contribution in [3.8, 4) is 0 Å². The fourth-order valence-corrected chi connectivity index (χ4v) is 1.99. The predicted molar refractivity (Wildman–Crippen MR) is 92.0 cm³/mol. The van der Waals surface area contributed by atoms with Gasteiger partial charge in [0.05, 0.1) is 0 Å². The molecule has 0 unspecified atom stereocenters. The van der Waals surface area contributed by atoms with Crippen LogP contribution in [-0.4, -0.2) is 0 Å². The Balaban J connectivity index is 0.000000200. The third-order valence-electron chi connectivity index (χ3n) is 3.73. The first-order valence-corrected chi connectivity index (χ1v) is 6.88. The SMILES string of the molecule is C=Cc1cccc(C)c1C.C=Cc1cccc(C)c1C. The summed E-state index contributed by atoms with van der Waals surface area (Å²) in [7, 11) is 0. The van der Waals surface area contributed by atoms with Crippen molar-refractivity contribution in [2.45, 2.75) is 27.7 Å². The molecule has 0 aromatic heterocycles. The van der Waals surface area contributed by atoms with E-state index in [2.05, 4.69) is 77.3 Å². The van der Waals surface area contributed by atoms with Crippen molar-refractivity contribution in [1.29, 1.82) is 0 Å². The van der Waals surface area contributed by atoms with Crippen molar-refractivity contribution in [3.05, 3.63) is 82.9 Å². The molecule has 0 heteroatoms. The molecule has 0 N–H and O–H groups in total. The molecule has 0 bridgehead atoms. The van der Waals surface area contributed by atoms with E-state index < -0.39 is 0 Å². The van der Waals surface area contributed by atoms with Gasteiger partial charge in [0.2, 0.25) is 0 Å². The fourth-order valence-electron chi connectivity index (χ4n) is 1.99. The van der Waals surface area contributed by atoms with E-state index in [0.717, 1.165) is 0 Å². The maximum Gasteiger partial charge on any atom is -0.0231 e. The predicted octanol–water partition coefficient (Wildman–Crippen LogP) is 5.89. The zero-order valence-corrected chi connectivity index (χ0v) is 13.0. The molecule has 0 fully saturated rings. The third-order valence-corrected chi connectivity index (χ3v) is 3.73. The van der Waals surface area contributed by atoms with Gasteiger partial charge in [-0.2, -0.15) is 0 Å². The van der Waals surface area contributed by atoms with Crippen LogP contribution in [0.2, 0.25) is 0 Å². The summed E-state index contributed by atoms with van der Waals surface area (Å²) in [5, 5.41) is 0. The monoisotopic (exact) mass is 264 g/mol. The van der Waals surface area contributed by atoms with Crippen LogP contribution in [0.4, 0.5) is 0 Å². The maximum absolute atomic E-state index is 3.73. The van der Waals surface area contributed by atoms with Gasteiger partial charge in [0.1, 0.15) is 0 Å². The van der Waals surface area contributed by atoms with Gasteiger partial charge in [-0.25, -0.2) is 0 Å². The molecular formula is C20H24. The van der Waals surface area contributed by atoms with Crippen molar-refractivity contribution in [1.82, 2.24) is 0 Å². The van der Waals surface area contributed by atoms with Crippen molar-refractivity contribution < 1.29 is 0 Å². The van der Waals surface area contributed by atoms with Crippen LogP contribution >= 0.6 is 0 Å². The van der Waals surface area contributed by atoms with Gasteiger partial charge in [-0.15, -0.1) is 0 Å². The molecule has 0 spiro atoms. The van der Waals surface area contributed by atoms with Crippen LogP contribution in [0.5, 0.6) is 0 Å². The van der Waals surface area contributed by atoms with E-state index in [4.69, 9.17) is 0 Å². The highest BCUT2D eigenvalue weighted by molar-refractivity contribution is 5.54. The molecule has 0 aliphatic heterocycles. The number of aryl methyl sites for hydroxylation is 2. The Labute approximate surface area is 123 Å². The highest BCUT2D eigenvalue weighted by atomic mass is 14.0. The van der Waals surface area contributed by atoms with E-state index >= 15 is 0 Å². The zero-order chi connectivity index (χ0) is 15.1. The summed E-state index contributed by atoms with van der Waals surface area (Å²) in [6, 6.07) is 12.5. The standard InChI is InChI=1S/2C10H12/c2*1-4-10-7-5-6-8(2)9(10)3/h2*4-7H,1H2,2-3H3. The van der Waals surface area contributed by atoms with Crippen molar-refractivity contribution in [2.24, 2.45) is 0 Å². The van der Waals surface area contributed by atoms with Gasteiger partial charge in [-0.3, -0.25) is 0 Å². The Bertz CT molecular complexity index is 548. The molecule has 104 valence electrons. The Kier molecular flexibility index (Phi) is 5.99. The molecule has 0 aliphatic rings. The van der Waals surface area contributed by atoms with Gasteiger partial charge >= 0.3 is 0 Å². The lowest BCUT2D eigenvalue weighted by Crippen LogP contribution is -1.83. The van der Waals surface area contributed by atoms with E-state index in [1.165, 1.54) is 33.4 Å². The minimum absolute atomic E-state index is 1.24. The topological polar surface area (TPSA) is 0 Å². The summed E-state index contributed by atoms with van der Waals surface area (Å²) < 4.78 is 0. The molecular weight excluding hydrogens is 240 g/mol. The molecule has 2 aromatic carbocycles. The lowest BCUT2D eigenvalue weighted by atomic mass is 10.0. The minimum atomic E-state index is 1.24. The molecule has 0 saturated heterocycles. The molecule has 0 nitrogen and oxygen atoms in total. The van der Waals surface area contributed by atoms with Crippen LogP contribution < -0.4 is 0 Å². The van der Waals surface area contributed by atoms with Crippen molar-refractivity contribution in [3.63, 3.8) is 0 Å². The quantitative estimate of drug-likeness (QED) is 0.634. The molecule has 20 heavy (non-hydrogen) atoms. The van der Waals surface area contributed by atoms with Crippen LogP contribution in [0, 0.1) is 27.7 Å². The van der Waals surface area contributed by atoms with Gasteiger partial charge < -0.3 is 0 Å². The molecule has 0 amide bonds. The van der Waals surface area contributed by atoms with E-state index in [0.29, 0.717) is 0 Å². The molecule has 0 atom stereocenters. The lowest BCUT2D eigenvalue weighted by molar-refractivity contribution is 1.33. The molecule has 0 aliphatic carbocycles. The molecule has 0 saturated carbocycles. The van der Waals surface area contributed by atoms with Crippen LogP contribution in [0.15, 0.2) is 49.6 Å². The molecule has 2 aromatic rings. The largest absolute Gasteiger partial charge is 0.0985 e. The molecule has 0 heterocycles. The summed E-state index contributed by atoms with van der Waals surface area (Å²) in [6.45, 7) is 15.9. The van der Waals surface area contributed by atoms with Crippen LogP contribution in [-0.2, 0) is 0 Å². The average molecular weight is 264 g/mol. The first kappa shape index (κ1) is 16.0. The Morgan fingerprint density at radius 3 is 1.25 bits per heavy atom. The van der Waals surface area contributed by atoms with Gasteiger partial charge in [-0.1, -0.05) is 61.7 Å². The van der Waals surface area contributed by atoms with Gasteiger partial charge in [-0.05, 0) is 61.1 Å². The highest BCUT2D eigenvalue weighted by Crippen LogP contribution is 2.13. The van der Waals surface area contributed by atoms with Gasteiger partial charge in [0.25, 0.3) is 0 Å². The number of benzene rings is 2. The van der Waals surface area contributed by atoms with E-state index in [1.807, 2.05) is 12.2 Å². The zero-order valence-electron chi connectivity index (χ0n) is 13.0. The molecule has 2 rings (SSSR count). The lowest BCUT2D eigenvalue weighted by Gasteiger charge is -2.01. The second-order valence-electron chi connectivity index (χ2n) is 4.99. The third kappa shape index (κ3) is 3.96. The summed E-state index contributed by atoms with van der Waals surface area (Å²) in [5.41, 5.74) is 7.80. The van der Waals surface area contributed by atoms with E-state index in [-0.39, 0.29) is 0 Å². The van der Waals surface area contributed by atoms with Crippen LogP contribution in [0.3, 0.4) is 0 Å². The smallest absolute Gasteiger partial charge is 0.0231 e. The number of hydrogen-bond donors (Lipinski definition) is 0. The second-order valence-corrected chi connectivity index (χ2v) is 4.99. The summed E-state index contributed by atoms with van der Waals surface area (Å²) in [4.78, 5) is 0. The Morgan fingerprint density at radius 1 is 0.650 bits per heavy atom. The van der Waals surface area contributed by atoms with Crippen molar-refractivity contribution in [2.75, 3.05) is 0 Å². The normalized spacial score (nSPS) is 9.40. The van der Waals surface area contributed by atoms with E-state index in [9.17, 15) is 0 Å². The fraction of sp³-hybridized carbons (Fsp3) is 0.200. The Hall–Kier alpha value is -2.08. The highest BCUT2D eigenvalue weighted by Gasteiger charge is 1.94. The van der Waals surface area contributed by atoms with Crippen molar-refractivity contribution >= 4 is 12.2 Å². The minimum Gasteiger partial charge on any atom is -0.0985 e. The summed E-state index contributed by atoms with van der Waals surface area (Å²) >= 11 is 0. The van der Waals surface area contributed by atoms with E-state index in [1.54, 1.807) is 0 Å². The average Bonchev–Trinajstić information content (AvgIpc) is 2.45. The summed E-state index contributed by atoms with van der Waals surface area (Å²) in [5.74, 6) is 0. The second kappa shape index (κ2) is 7.49. The first-order valence-electron chi connectivity index (χ1n) is 6.88.